The lowest BCUT2D eigenvalue weighted by atomic mass is 10.1. The summed E-state index contributed by atoms with van der Waals surface area (Å²) in [6, 6.07) is 22.5. The van der Waals surface area contributed by atoms with Crippen molar-refractivity contribution in [2.24, 2.45) is 0 Å². The van der Waals surface area contributed by atoms with Gasteiger partial charge in [-0.05, 0) is 41.8 Å². The third kappa shape index (κ3) is 3.88. The van der Waals surface area contributed by atoms with Crippen LogP contribution in [0.3, 0.4) is 0 Å². The summed E-state index contributed by atoms with van der Waals surface area (Å²) in [7, 11) is -3.70. The molecule has 0 spiro atoms. The lowest BCUT2D eigenvalue weighted by Gasteiger charge is -2.25. The number of imidazole rings is 1. The van der Waals surface area contributed by atoms with Crippen LogP contribution in [-0.2, 0) is 29.5 Å². The molecule has 1 N–H and O–H groups in total. The minimum absolute atomic E-state index is 0.124. The summed E-state index contributed by atoms with van der Waals surface area (Å²) in [5.74, 6) is 0. The van der Waals surface area contributed by atoms with Gasteiger partial charge in [-0.2, -0.15) is 4.31 Å². The van der Waals surface area contributed by atoms with Crippen molar-refractivity contribution < 1.29 is 8.42 Å². The Morgan fingerprint density at radius 3 is 2.43 bits per heavy atom. The average Bonchev–Trinajstić information content (AvgIpc) is 3.44. The van der Waals surface area contributed by atoms with E-state index in [9.17, 15) is 13.2 Å². The van der Waals surface area contributed by atoms with Crippen LogP contribution < -0.4 is 5.56 Å². The molecule has 0 atom stereocenters. The third-order valence-corrected chi connectivity index (χ3v) is 8.28. The Morgan fingerprint density at radius 2 is 1.66 bits per heavy atom. The standard InChI is InChI=1S/C26H23N5O3S/c32-26-23-13-15-30(35(33,34)22-11-9-20(10-12-22)19-6-2-1-3-7-19)18-24(23)28-31(26)17-21-16-29-14-5-4-8-25(29)27-21/h1-12,14,16,28H,13,15,17-18H2. The van der Waals surface area contributed by atoms with E-state index >= 15 is 0 Å². The van der Waals surface area contributed by atoms with Crippen LogP contribution in [0.1, 0.15) is 17.0 Å². The first-order valence-electron chi connectivity index (χ1n) is 11.4. The minimum atomic E-state index is -3.70. The summed E-state index contributed by atoms with van der Waals surface area (Å²) in [5.41, 5.74) is 4.69. The van der Waals surface area contributed by atoms with E-state index < -0.39 is 10.0 Å². The molecular weight excluding hydrogens is 462 g/mol. The largest absolute Gasteiger partial charge is 0.307 e. The summed E-state index contributed by atoms with van der Waals surface area (Å²) in [6.07, 6.45) is 4.16. The van der Waals surface area contributed by atoms with Gasteiger partial charge in [-0.25, -0.2) is 18.1 Å². The Labute approximate surface area is 202 Å². The fourth-order valence-electron chi connectivity index (χ4n) is 4.59. The van der Waals surface area contributed by atoms with Gasteiger partial charge in [-0.3, -0.25) is 9.89 Å². The number of aromatic nitrogens is 4. The Morgan fingerprint density at radius 1 is 0.914 bits per heavy atom. The number of hydrogen-bond donors (Lipinski definition) is 1. The topological polar surface area (TPSA) is 92.5 Å². The van der Waals surface area contributed by atoms with Crippen molar-refractivity contribution in [2.75, 3.05) is 6.54 Å². The van der Waals surface area contributed by atoms with E-state index in [-0.39, 0.29) is 23.5 Å². The highest BCUT2D eigenvalue weighted by Crippen LogP contribution is 2.26. The van der Waals surface area contributed by atoms with Crippen molar-refractivity contribution in [3.63, 3.8) is 0 Å². The van der Waals surface area contributed by atoms with Gasteiger partial charge in [0.2, 0.25) is 10.0 Å². The van der Waals surface area contributed by atoms with Gasteiger partial charge in [0.15, 0.2) is 0 Å². The van der Waals surface area contributed by atoms with Gasteiger partial charge < -0.3 is 4.40 Å². The van der Waals surface area contributed by atoms with Crippen molar-refractivity contribution in [3.05, 3.63) is 112 Å². The second kappa shape index (κ2) is 8.37. The lowest BCUT2D eigenvalue weighted by Crippen LogP contribution is -2.37. The molecule has 9 heteroatoms. The van der Waals surface area contributed by atoms with E-state index in [0.29, 0.717) is 24.2 Å². The highest BCUT2D eigenvalue weighted by Gasteiger charge is 2.31. The Balaban J connectivity index is 1.24. The van der Waals surface area contributed by atoms with Crippen LogP contribution >= 0.6 is 0 Å². The van der Waals surface area contributed by atoms with E-state index in [1.165, 1.54) is 8.99 Å². The number of aromatic amines is 1. The maximum Gasteiger partial charge on any atom is 0.270 e. The number of sulfonamides is 1. The second-order valence-electron chi connectivity index (χ2n) is 8.64. The third-order valence-electron chi connectivity index (χ3n) is 6.42. The van der Waals surface area contributed by atoms with Crippen LogP contribution in [0.25, 0.3) is 16.8 Å². The van der Waals surface area contributed by atoms with Crippen molar-refractivity contribution in [1.82, 2.24) is 23.5 Å². The maximum atomic E-state index is 13.3. The summed E-state index contributed by atoms with van der Waals surface area (Å²) in [5, 5.41) is 3.13. The van der Waals surface area contributed by atoms with Crippen molar-refractivity contribution in [2.45, 2.75) is 24.4 Å². The number of H-pyrrole nitrogens is 1. The molecule has 1 aliphatic rings. The molecule has 35 heavy (non-hydrogen) atoms. The SMILES string of the molecule is O=c1c2c([nH]n1Cc1cn3ccccc3n1)CN(S(=O)(=O)c1ccc(-c3ccccc3)cc1)CC2. The van der Waals surface area contributed by atoms with Gasteiger partial charge in [-0.15, -0.1) is 0 Å². The molecule has 0 radical (unpaired) electrons. The van der Waals surface area contributed by atoms with Gasteiger partial charge in [0, 0.05) is 24.5 Å². The molecule has 5 aromatic rings. The summed E-state index contributed by atoms with van der Waals surface area (Å²) in [6.45, 7) is 0.684. The van der Waals surface area contributed by atoms with Crippen molar-refractivity contribution in [1.29, 1.82) is 0 Å². The van der Waals surface area contributed by atoms with Gasteiger partial charge in [-0.1, -0.05) is 48.5 Å². The zero-order valence-corrected chi connectivity index (χ0v) is 19.6. The Kier molecular flexibility index (Phi) is 5.16. The zero-order valence-electron chi connectivity index (χ0n) is 18.8. The first-order valence-corrected chi connectivity index (χ1v) is 12.8. The second-order valence-corrected chi connectivity index (χ2v) is 10.6. The van der Waals surface area contributed by atoms with Crippen molar-refractivity contribution in [3.8, 4) is 11.1 Å². The predicted octanol–water partition coefficient (Wildman–Crippen LogP) is 3.29. The zero-order chi connectivity index (χ0) is 24.0. The summed E-state index contributed by atoms with van der Waals surface area (Å²) in [4.78, 5) is 17.8. The van der Waals surface area contributed by atoms with Gasteiger partial charge in [0.25, 0.3) is 5.56 Å². The van der Waals surface area contributed by atoms with E-state index in [4.69, 9.17) is 0 Å². The number of benzene rings is 2. The molecule has 0 fully saturated rings. The normalized spacial score (nSPS) is 14.3. The van der Waals surface area contributed by atoms with Crippen LogP contribution in [0, 0.1) is 0 Å². The average molecular weight is 486 g/mol. The van der Waals surface area contributed by atoms with Crippen LogP contribution in [0.15, 0.2) is 94.9 Å². The minimum Gasteiger partial charge on any atom is -0.307 e. The highest BCUT2D eigenvalue weighted by atomic mass is 32.2. The summed E-state index contributed by atoms with van der Waals surface area (Å²) < 4.78 is 31.5. The lowest BCUT2D eigenvalue weighted by molar-refractivity contribution is 0.386. The molecule has 0 amide bonds. The van der Waals surface area contributed by atoms with Gasteiger partial charge >= 0.3 is 0 Å². The molecule has 6 rings (SSSR count). The molecule has 1 aliphatic heterocycles. The quantitative estimate of drug-likeness (QED) is 0.414. The Bertz CT molecular complexity index is 1650. The van der Waals surface area contributed by atoms with Crippen LogP contribution in [0.5, 0.6) is 0 Å². The monoisotopic (exact) mass is 485 g/mol. The number of rotatable bonds is 5. The van der Waals surface area contributed by atoms with Crippen molar-refractivity contribution >= 4 is 15.7 Å². The van der Waals surface area contributed by atoms with E-state index in [1.54, 1.807) is 12.1 Å². The molecule has 8 nitrogen and oxygen atoms in total. The van der Waals surface area contributed by atoms with E-state index in [1.807, 2.05) is 77.5 Å². The number of fused-ring (bicyclic) bond motifs is 2. The molecule has 3 aromatic heterocycles. The molecule has 0 aliphatic carbocycles. The number of pyridine rings is 1. The van der Waals surface area contributed by atoms with Gasteiger partial charge in [0.1, 0.15) is 5.65 Å². The first kappa shape index (κ1) is 21.6. The fraction of sp³-hybridized carbons (Fsp3) is 0.154. The number of hydrogen-bond acceptors (Lipinski definition) is 4. The molecule has 176 valence electrons. The van der Waals surface area contributed by atoms with E-state index in [0.717, 1.165) is 22.5 Å². The summed E-state index contributed by atoms with van der Waals surface area (Å²) >= 11 is 0. The van der Waals surface area contributed by atoms with Crippen LogP contribution in [-0.4, -0.2) is 38.4 Å². The molecule has 4 heterocycles. The first-order chi connectivity index (χ1) is 17.0. The van der Waals surface area contributed by atoms with Crippen LogP contribution in [0.4, 0.5) is 0 Å². The highest BCUT2D eigenvalue weighted by molar-refractivity contribution is 7.89. The molecule has 2 aromatic carbocycles. The smallest absolute Gasteiger partial charge is 0.270 e. The van der Waals surface area contributed by atoms with E-state index in [2.05, 4.69) is 10.1 Å². The van der Waals surface area contributed by atoms with Gasteiger partial charge in [0.05, 0.1) is 29.4 Å². The fourth-order valence-corrected chi connectivity index (χ4v) is 6.00. The molecular formula is C26H23N5O3S. The molecule has 0 saturated carbocycles. The number of nitrogens with zero attached hydrogens (tertiary/aromatic N) is 4. The molecule has 0 saturated heterocycles. The predicted molar refractivity (Wildman–Crippen MR) is 133 cm³/mol. The maximum absolute atomic E-state index is 13.3. The Hall–Kier alpha value is -3.95. The molecule has 0 unspecified atom stereocenters. The molecule has 0 bridgehead atoms. The van der Waals surface area contributed by atoms with Crippen LogP contribution in [0.2, 0.25) is 0 Å². The number of nitrogens with one attached hydrogen (secondary N) is 1.